The molecule has 0 radical (unpaired) electrons. The van der Waals surface area contributed by atoms with E-state index < -0.39 is 0 Å². The van der Waals surface area contributed by atoms with Gasteiger partial charge in [0.15, 0.2) is 0 Å². The van der Waals surface area contributed by atoms with E-state index in [0.29, 0.717) is 12.3 Å². The summed E-state index contributed by atoms with van der Waals surface area (Å²) in [6, 6.07) is 9.79. The molecule has 29 heavy (non-hydrogen) atoms. The number of rotatable bonds is 6. The molecule has 1 saturated heterocycles. The second-order valence-corrected chi connectivity index (χ2v) is 8.35. The number of nitrogens with zero attached hydrogens (tertiary/aromatic N) is 3. The molecule has 1 amide bonds. The van der Waals surface area contributed by atoms with Crippen molar-refractivity contribution in [3.05, 3.63) is 36.0 Å². The van der Waals surface area contributed by atoms with Gasteiger partial charge in [0.25, 0.3) is 0 Å². The lowest BCUT2D eigenvalue weighted by Crippen LogP contribution is -2.31. The van der Waals surface area contributed by atoms with Crippen LogP contribution >= 0.6 is 0 Å². The van der Waals surface area contributed by atoms with E-state index in [1.807, 2.05) is 37.3 Å². The van der Waals surface area contributed by atoms with Gasteiger partial charge < -0.3 is 15.5 Å². The van der Waals surface area contributed by atoms with Crippen LogP contribution in [0, 0.1) is 12.8 Å². The number of aryl methyl sites for hydroxylation is 1. The highest BCUT2D eigenvalue weighted by Gasteiger charge is 2.18. The van der Waals surface area contributed by atoms with Gasteiger partial charge >= 0.3 is 0 Å². The number of amides is 1. The molecule has 6 heteroatoms. The van der Waals surface area contributed by atoms with Crippen LogP contribution < -0.4 is 15.5 Å². The Balaban J connectivity index is 1.37. The first-order valence-electron chi connectivity index (χ1n) is 10.9. The molecular formula is C23H31N5O. The fraction of sp³-hybridized carbons (Fsp3) is 0.522. The van der Waals surface area contributed by atoms with Crippen molar-refractivity contribution in [1.82, 2.24) is 9.97 Å². The van der Waals surface area contributed by atoms with Crippen LogP contribution in [-0.2, 0) is 4.79 Å². The Labute approximate surface area is 173 Å². The van der Waals surface area contributed by atoms with Crippen molar-refractivity contribution in [1.29, 1.82) is 0 Å². The van der Waals surface area contributed by atoms with Crippen LogP contribution in [0.1, 0.15) is 57.1 Å². The van der Waals surface area contributed by atoms with Gasteiger partial charge in [-0.2, -0.15) is 4.98 Å². The van der Waals surface area contributed by atoms with Crippen molar-refractivity contribution in [2.24, 2.45) is 5.92 Å². The molecule has 2 heterocycles. The minimum Gasteiger partial charge on any atom is -0.341 e. The molecule has 2 fully saturated rings. The molecule has 1 saturated carbocycles. The predicted octanol–water partition coefficient (Wildman–Crippen LogP) is 5.04. The van der Waals surface area contributed by atoms with Gasteiger partial charge in [-0.1, -0.05) is 12.8 Å². The second-order valence-electron chi connectivity index (χ2n) is 8.35. The number of hydrogen-bond acceptors (Lipinski definition) is 5. The maximum Gasteiger partial charge on any atom is 0.227 e. The second kappa shape index (κ2) is 9.25. The van der Waals surface area contributed by atoms with Gasteiger partial charge in [0, 0.05) is 42.6 Å². The molecule has 154 valence electrons. The summed E-state index contributed by atoms with van der Waals surface area (Å²) in [6.07, 6.45) is 9.24. The Morgan fingerprint density at radius 2 is 1.69 bits per heavy atom. The molecular weight excluding hydrogens is 362 g/mol. The lowest BCUT2D eigenvalue weighted by atomic mass is 10.0. The molecule has 0 bridgehead atoms. The standard InChI is InChI=1S/C23H31N5O/c1-17-15-21(27-23(24-17)28-13-5-2-6-14-28)25-19-9-11-20(12-10-19)26-22(29)16-18-7-3-4-8-18/h9-12,15,18H,2-8,13-14,16H2,1H3,(H,26,29)(H,24,25,27). The van der Waals surface area contributed by atoms with Crippen LogP contribution in [0.4, 0.5) is 23.1 Å². The molecule has 2 aliphatic rings. The predicted molar refractivity (Wildman–Crippen MR) is 118 cm³/mol. The van der Waals surface area contributed by atoms with Crippen LogP contribution in [0.15, 0.2) is 30.3 Å². The van der Waals surface area contributed by atoms with E-state index in [1.165, 1.54) is 44.9 Å². The van der Waals surface area contributed by atoms with Crippen molar-refractivity contribution >= 4 is 29.0 Å². The molecule has 4 rings (SSSR count). The quantitative estimate of drug-likeness (QED) is 0.720. The smallest absolute Gasteiger partial charge is 0.227 e. The van der Waals surface area contributed by atoms with Crippen LogP contribution in [0.5, 0.6) is 0 Å². The van der Waals surface area contributed by atoms with Crippen LogP contribution in [-0.4, -0.2) is 29.0 Å². The Bertz CT molecular complexity index is 824. The number of hydrogen-bond donors (Lipinski definition) is 2. The number of nitrogens with one attached hydrogen (secondary N) is 2. The number of anilines is 4. The zero-order valence-electron chi connectivity index (χ0n) is 17.3. The van der Waals surface area contributed by atoms with Crippen LogP contribution in [0.2, 0.25) is 0 Å². The zero-order chi connectivity index (χ0) is 20.1. The summed E-state index contributed by atoms with van der Waals surface area (Å²) in [4.78, 5) is 23.8. The first kappa shape index (κ1) is 19.7. The molecule has 1 aliphatic heterocycles. The molecule has 1 aliphatic carbocycles. The van der Waals surface area contributed by atoms with Crippen molar-refractivity contribution < 1.29 is 4.79 Å². The van der Waals surface area contributed by atoms with E-state index in [1.54, 1.807) is 0 Å². The van der Waals surface area contributed by atoms with E-state index in [0.717, 1.165) is 41.9 Å². The fourth-order valence-corrected chi connectivity index (χ4v) is 4.33. The fourth-order valence-electron chi connectivity index (χ4n) is 4.33. The summed E-state index contributed by atoms with van der Waals surface area (Å²) in [7, 11) is 0. The Morgan fingerprint density at radius 1 is 1.00 bits per heavy atom. The van der Waals surface area contributed by atoms with Gasteiger partial charge in [-0.15, -0.1) is 0 Å². The summed E-state index contributed by atoms with van der Waals surface area (Å²) < 4.78 is 0. The van der Waals surface area contributed by atoms with Gasteiger partial charge in [0.1, 0.15) is 5.82 Å². The first-order chi connectivity index (χ1) is 14.2. The third-order valence-corrected chi connectivity index (χ3v) is 5.87. The van der Waals surface area contributed by atoms with E-state index in [-0.39, 0.29) is 5.91 Å². The average molecular weight is 394 g/mol. The number of carbonyl (C=O) groups is 1. The third kappa shape index (κ3) is 5.46. The number of piperidine rings is 1. The number of carbonyl (C=O) groups excluding carboxylic acids is 1. The van der Waals surface area contributed by atoms with Gasteiger partial charge in [0.2, 0.25) is 11.9 Å². The summed E-state index contributed by atoms with van der Waals surface area (Å²) in [5.74, 6) is 2.29. The topological polar surface area (TPSA) is 70.2 Å². The highest BCUT2D eigenvalue weighted by Crippen LogP contribution is 2.28. The SMILES string of the molecule is Cc1cc(Nc2ccc(NC(=O)CC3CCCC3)cc2)nc(N2CCCCC2)n1. The van der Waals surface area contributed by atoms with Crippen LogP contribution in [0.3, 0.4) is 0 Å². The first-order valence-corrected chi connectivity index (χ1v) is 10.9. The number of aromatic nitrogens is 2. The van der Waals surface area contributed by atoms with Gasteiger partial charge in [-0.05, 0) is 69.2 Å². The average Bonchev–Trinajstić information content (AvgIpc) is 3.22. The minimum atomic E-state index is 0.121. The third-order valence-electron chi connectivity index (χ3n) is 5.87. The maximum atomic E-state index is 12.2. The van der Waals surface area contributed by atoms with Crippen LogP contribution in [0.25, 0.3) is 0 Å². The largest absolute Gasteiger partial charge is 0.341 e. The normalized spacial score (nSPS) is 17.3. The highest BCUT2D eigenvalue weighted by atomic mass is 16.1. The van der Waals surface area contributed by atoms with Crippen molar-refractivity contribution in [3.8, 4) is 0 Å². The monoisotopic (exact) mass is 393 g/mol. The van der Waals surface area contributed by atoms with E-state index in [4.69, 9.17) is 4.98 Å². The number of benzene rings is 1. The Hall–Kier alpha value is -2.63. The van der Waals surface area contributed by atoms with Crippen molar-refractivity contribution in [2.45, 2.75) is 58.3 Å². The molecule has 2 N–H and O–H groups in total. The molecule has 6 nitrogen and oxygen atoms in total. The molecule has 0 spiro atoms. The van der Waals surface area contributed by atoms with Crippen molar-refractivity contribution in [2.75, 3.05) is 28.6 Å². The summed E-state index contributed by atoms with van der Waals surface area (Å²) >= 11 is 0. The lowest BCUT2D eigenvalue weighted by Gasteiger charge is -2.27. The van der Waals surface area contributed by atoms with Gasteiger partial charge in [-0.3, -0.25) is 4.79 Å². The van der Waals surface area contributed by atoms with E-state index in [9.17, 15) is 4.79 Å². The van der Waals surface area contributed by atoms with E-state index in [2.05, 4.69) is 20.5 Å². The van der Waals surface area contributed by atoms with Gasteiger partial charge in [-0.25, -0.2) is 4.98 Å². The lowest BCUT2D eigenvalue weighted by molar-refractivity contribution is -0.117. The highest BCUT2D eigenvalue weighted by molar-refractivity contribution is 5.91. The molecule has 1 aromatic heterocycles. The summed E-state index contributed by atoms with van der Waals surface area (Å²) in [5, 5.41) is 6.40. The molecule has 2 aromatic rings. The minimum absolute atomic E-state index is 0.121. The summed E-state index contributed by atoms with van der Waals surface area (Å²) in [6.45, 7) is 4.06. The molecule has 0 unspecified atom stereocenters. The zero-order valence-corrected chi connectivity index (χ0v) is 17.3. The van der Waals surface area contributed by atoms with Gasteiger partial charge in [0.05, 0.1) is 0 Å². The van der Waals surface area contributed by atoms with E-state index >= 15 is 0 Å². The Kier molecular flexibility index (Phi) is 6.27. The molecule has 1 aromatic carbocycles. The van der Waals surface area contributed by atoms with Crippen molar-refractivity contribution in [3.63, 3.8) is 0 Å². The summed E-state index contributed by atoms with van der Waals surface area (Å²) in [5.41, 5.74) is 2.74. The Morgan fingerprint density at radius 3 is 2.41 bits per heavy atom. The molecule has 0 atom stereocenters. The maximum absolute atomic E-state index is 12.2.